The third-order valence-corrected chi connectivity index (χ3v) is 2.73. The Morgan fingerprint density at radius 3 is 2.75 bits per heavy atom. The van der Waals surface area contributed by atoms with Gasteiger partial charge in [0.1, 0.15) is 5.69 Å². The SMILES string of the molecule is CC[C@H](CO)N1C(=O)c2cccnc2C1=O. The molecule has 0 unspecified atom stereocenters. The molecule has 1 N–H and O–H groups in total. The molecule has 2 amide bonds. The number of carbonyl (C=O) groups excluding carboxylic acids is 2. The number of amides is 2. The van der Waals surface area contributed by atoms with Crippen molar-refractivity contribution in [1.29, 1.82) is 0 Å². The summed E-state index contributed by atoms with van der Waals surface area (Å²) in [6.45, 7) is 1.60. The zero-order valence-electron chi connectivity index (χ0n) is 8.88. The standard InChI is InChI=1S/C11H12N2O3/c1-2-7(6-14)13-10(15)8-4-3-5-12-9(8)11(13)16/h3-5,7,14H,2,6H2,1H3/t7-/m1/s1. The molecular weight excluding hydrogens is 208 g/mol. The molecule has 2 rings (SSSR count). The van der Waals surface area contributed by atoms with Crippen LogP contribution in [-0.4, -0.2) is 39.5 Å². The van der Waals surface area contributed by atoms with Crippen molar-refractivity contribution in [1.82, 2.24) is 9.88 Å². The number of nitrogens with zero attached hydrogens (tertiary/aromatic N) is 2. The van der Waals surface area contributed by atoms with Crippen LogP contribution in [0.2, 0.25) is 0 Å². The van der Waals surface area contributed by atoms with Crippen molar-refractivity contribution in [2.45, 2.75) is 19.4 Å². The van der Waals surface area contributed by atoms with E-state index in [1.54, 1.807) is 12.1 Å². The van der Waals surface area contributed by atoms with E-state index in [-0.39, 0.29) is 18.2 Å². The number of aromatic nitrogens is 1. The average Bonchev–Trinajstić information content (AvgIpc) is 2.57. The monoisotopic (exact) mass is 220 g/mol. The number of pyridine rings is 1. The molecule has 1 aliphatic heterocycles. The first kappa shape index (κ1) is 10.8. The Bertz CT molecular complexity index is 406. The molecule has 0 radical (unpaired) electrons. The molecule has 1 aromatic rings. The van der Waals surface area contributed by atoms with Crippen LogP contribution in [-0.2, 0) is 0 Å². The third kappa shape index (κ3) is 1.40. The summed E-state index contributed by atoms with van der Waals surface area (Å²) in [4.78, 5) is 28.8. The molecule has 0 bridgehead atoms. The van der Waals surface area contributed by atoms with Crippen LogP contribution < -0.4 is 0 Å². The lowest BCUT2D eigenvalue weighted by Gasteiger charge is -2.22. The van der Waals surface area contributed by atoms with Crippen LogP contribution in [0.5, 0.6) is 0 Å². The fraction of sp³-hybridized carbons (Fsp3) is 0.364. The zero-order valence-corrected chi connectivity index (χ0v) is 8.88. The number of imide groups is 1. The van der Waals surface area contributed by atoms with Gasteiger partial charge in [0.15, 0.2) is 0 Å². The predicted octanol–water partition coefficient (Wildman–Crippen LogP) is 0.449. The normalized spacial score (nSPS) is 16.5. The first-order valence-electron chi connectivity index (χ1n) is 5.14. The van der Waals surface area contributed by atoms with Crippen LogP contribution in [0.1, 0.15) is 34.2 Å². The predicted molar refractivity (Wildman–Crippen MR) is 55.9 cm³/mol. The van der Waals surface area contributed by atoms with Gasteiger partial charge >= 0.3 is 0 Å². The smallest absolute Gasteiger partial charge is 0.280 e. The minimum Gasteiger partial charge on any atom is -0.394 e. The van der Waals surface area contributed by atoms with Crippen molar-refractivity contribution in [3.63, 3.8) is 0 Å². The Labute approximate surface area is 92.7 Å². The van der Waals surface area contributed by atoms with Gasteiger partial charge in [0.05, 0.1) is 18.2 Å². The topological polar surface area (TPSA) is 70.5 Å². The number of fused-ring (bicyclic) bond motifs is 1. The van der Waals surface area contributed by atoms with Gasteiger partial charge < -0.3 is 5.11 Å². The maximum absolute atomic E-state index is 11.9. The highest BCUT2D eigenvalue weighted by atomic mass is 16.3. The molecule has 1 atom stereocenters. The Morgan fingerprint density at radius 1 is 1.44 bits per heavy atom. The van der Waals surface area contributed by atoms with Crippen LogP contribution in [0.3, 0.4) is 0 Å². The Balaban J connectivity index is 2.42. The van der Waals surface area contributed by atoms with Crippen molar-refractivity contribution in [2.75, 3.05) is 6.61 Å². The second-order valence-corrected chi connectivity index (χ2v) is 3.62. The maximum atomic E-state index is 11.9. The van der Waals surface area contributed by atoms with Crippen molar-refractivity contribution in [2.24, 2.45) is 0 Å². The van der Waals surface area contributed by atoms with E-state index < -0.39 is 11.9 Å². The van der Waals surface area contributed by atoms with Gasteiger partial charge in [-0.15, -0.1) is 0 Å². The van der Waals surface area contributed by atoms with Gasteiger partial charge in [-0.3, -0.25) is 19.5 Å². The molecule has 0 aromatic carbocycles. The molecule has 0 spiro atoms. The van der Waals surface area contributed by atoms with E-state index in [0.29, 0.717) is 12.0 Å². The Morgan fingerprint density at radius 2 is 2.19 bits per heavy atom. The number of hydrogen-bond donors (Lipinski definition) is 1. The summed E-state index contributed by atoms with van der Waals surface area (Å²) in [6.07, 6.45) is 2.01. The highest BCUT2D eigenvalue weighted by Crippen LogP contribution is 2.23. The molecule has 0 saturated carbocycles. The number of aliphatic hydroxyl groups excluding tert-OH is 1. The summed E-state index contributed by atoms with van der Waals surface area (Å²) in [5.74, 6) is -0.782. The lowest BCUT2D eigenvalue weighted by molar-refractivity contribution is 0.0509. The van der Waals surface area contributed by atoms with Gasteiger partial charge in [0.2, 0.25) is 0 Å². The third-order valence-electron chi connectivity index (χ3n) is 2.73. The first-order valence-corrected chi connectivity index (χ1v) is 5.14. The van der Waals surface area contributed by atoms with E-state index in [4.69, 9.17) is 5.11 Å². The molecule has 5 nitrogen and oxygen atoms in total. The summed E-state index contributed by atoms with van der Waals surface area (Å²) < 4.78 is 0. The summed E-state index contributed by atoms with van der Waals surface area (Å²) in [5.41, 5.74) is 0.499. The fourth-order valence-electron chi connectivity index (χ4n) is 1.81. The number of hydrogen-bond acceptors (Lipinski definition) is 4. The van der Waals surface area contributed by atoms with Gasteiger partial charge in [-0.05, 0) is 18.6 Å². The van der Waals surface area contributed by atoms with E-state index in [0.717, 1.165) is 4.90 Å². The molecule has 1 aliphatic rings. The molecule has 1 aromatic heterocycles. The minimum atomic E-state index is -0.464. The van der Waals surface area contributed by atoms with Gasteiger partial charge in [-0.2, -0.15) is 0 Å². The van der Waals surface area contributed by atoms with Crippen LogP contribution in [0.25, 0.3) is 0 Å². The van der Waals surface area contributed by atoms with Crippen LogP contribution >= 0.6 is 0 Å². The molecule has 84 valence electrons. The van der Waals surface area contributed by atoms with E-state index in [1.807, 2.05) is 6.92 Å². The number of rotatable bonds is 3. The van der Waals surface area contributed by atoms with E-state index in [2.05, 4.69) is 4.98 Å². The number of carbonyl (C=O) groups is 2. The summed E-state index contributed by atoms with van der Waals surface area (Å²) in [7, 11) is 0. The number of aliphatic hydroxyl groups is 1. The summed E-state index contributed by atoms with van der Waals surface area (Å²) in [6, 6.07) is 2.73. The second-order valence-electron chi connectivity index (χ2n) is 3.62. The molecule has 5 heteroatoms. The highest BCUT2D eigenvalue weighted by molar-refractivity contribution is 6.20. The van der Waals surface area contributed by atoms with Crippen LogP contribution in [0, 0.1) is 0 Å². The summed E-state index contributed by atoms with van der Waals surface area (Å²) in [5, 5.41) is 9.13. The Kier molecular flexibility index (Phi) is 2.70. The first-order chi connectivity index (χ1) is 7.70. The molecule has 0 saturated heterocycles. The van der Waals surface area contributed by atoms with E-state index >= 15 is 0 Å². The quantitative estimate of drug-likeness (QED) is 0.751. The highest BCUT2D eigenvalue weighted by Gasteiger charge is 2.39. The fourth-order valence-corrected chi connectivity index (χ4v) is 1.81. The molecule has 2 heterocycles. The molecule has 0 aliphatic carbocycles. The van der Waals surface area contributed by atoms with Crippen LogP contribution in [0.15, 0.2) is 18.3 Å². The zero-order chi connectivity index (χ0) is 11.7. The average molecular weight is 220 g/mol. The van der Waals surface area contributed by atoms with Gasteiger partial charge in [-0.25, -0.2) is 0 Å². The molecule has 16 heavy (non-hydrogen) atoms. The molecular formula is C11H12N2O3. The minimum absolute atomic E-state index is 0.180. The lowest BCUT2D eigenvalue weighted by atomic mass is 10.2. The van der Waals surface area contributed by atoms with Gasteiger partial charge in [0.25, 0.3) is 11.8 Å². The van der Waals surface area contributed by atoms with E-state index in [1.165, 1.54) is 6.20 Å². The van der Waals surface area contributed by atoms with Gasteiger partial charge in [-0.1, -0.05) is 6.92 Å². The second kappa shape index (κ2) is 4.02. The largest absolute Gasteiger partial charge is 0.394 e. The van der Waals surface area contributed by atoms with Crippen molar-refractivity contribution >= 4 is 11.8 Å². The van der Waals surface area contributed by atoms with Crippen molar-refractivity contribution in [3.05, 3.63) is 29.6 Å². The maximum Gasteiger partial charge on any atom is 0.280 e. The van der Waals surface area contributed by atoms with Gasteiger partial charge in [0, 0.05) is 6.20 Å². The molecule has 0 fully saturated rings. The Hall–Kier alpha value is -1.75. The van der Waals surface area contributed by atoms with Crippen molar-refractivity contribution < 1.29 is 14.7 Å². The van der Waals surface area contributed by atoms with Crippen LogP contribution in [0.4, 0.5) is 0 Å². The van der Waals surface area contributed by atoms with Crippen molar-refractivity contribution in [3.8, 4) is 0 Å². The summed E-state index contributed by atoms with van der Waals surface area (Å²) >= 11 is 0. The lowest BCUT2D eigenvalue weighted by Crippen LogP contribution is -2.41. The van der Waals surface area contributed by atoms with E-state index in [9.17, 15) is 9.59 Å².